The van der Waals surface area contributed by atoms with Gasteiger partial charge in [0.15, 0.2) is 11.3 Å². The van der Waals surface area contributed by atoms with Crippen molar-refractivity contribution in [3.8, 4) is 6.07 Å². The summed E-state index contributed by atoms with van der Waals surface area (Å²) in [6, 6.07) is 7.47. The van der Waals surface area contributed by atoms with Gasteiger partial charge in [0.1, 0.15) is 11.6 Å². The van der Waals surface area contributed by atoms with Crippen molar-refractivity contribution in [1.29, 1.82) is 5.26 Å². The molecule has 1 amide bonds. The van der Waals surface area contributed by atoms with Gasteiger partial charge in [0.2, 0.25) is 5.91 Å². The lowest BCUT2D eigenvalue weighted by molar-refractivity contribution is -0.126. The molecule has 0 bridgehead atoms. The Morgan fingerprint density at radius 1 is 1.32 bits per heavy atom. The first kappa shape index (κ1) is 25.7. The Morgan fingerprint density at radius 3 is 2.84 bits per heavy atom. The molecule has 1 saturated heterocycles. The van der Waals surface area contributed by atoms with Gasteiger partial charge in [-0.1, -0.05) is 42.3 Å². The Kier molecular flexibility index (Phi) is 7.21. The number of amides is 1. The van der Waals surface area contributed by atoms with Crippen LogP contribution >= 0.6 is 23.2 Å². The molecule has 3 aromatic rings. The molecule has 0 radical (unpaired) electrons. The predicted molar refractivity (Wildman–Crippen MR) is 144 cm³/mol. The van der Waals surface area contributed by atoms with E-state index in [1.54, 1.807) is 30.1 Å². The van der Waals surface area contributed by atoms with E-state index in [2.05, 4.69) is 39.4 Å². The van der Waals surface area contributed by atoms with E-state index >= 15 is 0 Å². The highest BCUT2D eigenvalue weighted by molar-refractivity contribution is 6.35. The number of hydrogen-bond donors (Lipinski definition) is 1. The van der Waals surface area contributed by atoms with Crippen molar-refractivity contribution in [2.75, 3.05) is 13.6 Å². The Morgan fingerprint density at radius 2 is 2.14 bits per heavy atom. The molecule has 192 valence electrons. The lowest BCUT2D eigenvalue weighted by Crippen LogP contribution is -2.49. The number of likely N-dealkylation sites (N-methyl/N-ethyl adjacent to an activating group) is 1. The van der Waals surface area contributed by atoms with E-state index in [9.17, 15) is 10.1 Å². The molecule has 1 fully saturated rings. The number of nitriles is 1. The fourth-order valence-electron chi connectivity index (χ4n) is 5.75. The third-order valence-corrected chi connectivity index (χ3v) is 8.25. The van der Waals surface area contributed by atoms with Gasteiger partial charge in [0.25, 0.3) is 0 Å². The smallest absolute Gasteiger partial charge is 0.237 e. The Labute approximate surface area is 226 Å². The van der Waals surface area contributed by atoms with Crippen molar-refractivity contribution < 1.29 is 4.79 Å². The lowest BCUT2D eigenvalue weighted by atomic mass is 9.83. The summed E-state index contributed by atoms with van der Waals surface area (Å²) in [6.07, 6.45) is 7.59. The highest BCUT2D eigenvalue weighted by Gasteiger charge is 2.38. The summed E-state index contributed by atoms with van der Waals surface area (Å²) in [5.41, 5.74) is 3.97. The molecule has 0 spiro atoms. The second-order valence-electron chi connectivity index (χ2n) is 9.90. The van der Waals surface area contributed by atoms with Gasteiger partial charge in [-0.2, -0.15) is 10.4 Å². The van der Waals surface area contributed by atoms with E-state index < -0.39 is 0 Å². The van der Waals surface area contributed by atoms with Crippen LogP contribution in [0.4, 0.5) is 0 Å². The molecule has 0 saturated carbocycles. The molecule has 1 aromatic carbocycles. The minimum absolute atomic E-state index is 0.0523. The van der Waals surface area contributed by atoms with Crippen molar-refractivity contribution in [2.45, 2.75) is 57.7 Å². The second kappa shape index (κ2) is 10.4. The third kappa shape index (κ3) is 4.72. The lowest BCUT2D eigenvalue weighted by Gasteiger charge is -2.38. The molecule has 1 aliphatic carbocycles. The number of allylic oxidation sites excluding steroid dienone is 1. The number of fused-ring (bicyclic) bond motifs is 1. The van der Waals surface area contributed by atoms with Crippen LogP contribution in [0.2, 0.25) is 10.0 Å². The molecular formula is C27H29Cl2N7O. The molecular weight excluding hydrogens is 509 g/mol. The summed E-state index contributed by atoms with van der Waals surface area (Å²) in [5, 5.41) is 18.1. The Bertz CT molecular complexity index is 1430. The van der Waals surface area contributed by atoms with Gasteiger partial charge in [-0.05, 0) is 68.3 Å². The fourth-order valence-corrected chi connectivity index (χ4v) is 6.31. The number of nitrogens with one attached hydrogen (secondary N) is 1. The summed E-state index contributed by atoms with van der Waals surface area (Å²) in [5.74, 6) is 0.460. The normalized spacial score (nSPS) is 23.0. The van der Waals surface area contributed by atoms with Crippen LogP contribution in [-0.2, 0) is 4.79 Å². The number of hydrogen-bond acceptors (Lipinski definition) is 6. The van der Waals surface area contributed by atoms with Gasteiger partial charge in [-0.15, -0.1) is 0 Å². The Balaban J connectivity index is 1.47. The van der Waals surface area contributed by atoms with Gasteiger partial charge in [0.05, 0.1) is 24.0 Å². The van der Waals surface area contributed by atoms with Crippen LogP contribution < -0.4 is 5.32 Å². The number of halogens is 2. The van der Waals surface area contributed by atoms with Crippen molar-refractivity contribution in [3.05, 3.63) is 57.5 Å². The molecule has 2 aromatic heterocycles. The molecule has 1 N–H and O–H groups in total. The average molecular weight is 538 g/mol. The molecule has 37 heavy (non-hydrogen) atoms. The first-order valence-electron chi connectivity index (χ1n) is 12.6. The van der Waals surface area contributed by atoms with Crippen LogP contribution in [0.3, 0.4) is 0 Å². The molecule has 2 aliphatic rings. The number of nitrogens with zero attached hydrogens (tertiary/aromatic N) is 6. The summed E-state index contributed by atoms with van der Waals surface area (Å²) >= 11 is 12.6. The number of aromatic nitrogens is 4. The molecule has 5 rings (SSSR count). The predicted octanol–water partition coefficient (Wildman–Crippen LogP) is 5.01. The molecule has 3 heterocycles. The van der Waals surface area contributed by atoms with Gasteiger partial charge in [-0.3, -0.25) is 9.69 Å². The average Bonchev–Trinajstić information content (AvgIpc) is 3.52. The van der Waals surface area contributed by atoms with Crippen LogP contribution in [0, 0.1) is 17.2 Å². The molecule has 8 nitrogen and oxygen atoms in total. The largest absolute Gasteiger partial charge is 0.358 e. The van der Waals surface area contributed by atoms with Crippen LogP contribution in [0.5, 0.6) is 0 Å². The van der Waals surface area contributed by atoms with Crippen molar-refractivity contribution >= 4 is 45.8 Å². The maximum atomic E-state index is 12.4. The fraction of sp³-hybridized carbons (Fsp3) is 0.444. The minimum Gasteiger partial charge on any atom is -0.358 e. The number of likely N-dealkylation sites (tertiary alicyclic amines) is 1. The monoisotopic (exact) mass is 537 g/mol. The van der Waals surface area contributed by atoms with Crippen LogP contribution in [0.25, 0.3) is 16.7 Å². The molecule has 10 heteroatoms. The van der Waals surface area contributed by atoms with E-state index in [0.717, 1.165) is 49.1 Å². The van der Waals surface area contributed by atoms with E-state index in [-0.39, 0.29) is 23.7 Å². The summed E-state index contributed by atoms with van der Waals surface area (Å²) in [6.45, 7) is 5.15. The topological polar surface area (TPSA) is 99.7 Å². The first-order chi connectivity index (χ1) is 17.8. The van der Waals surface area contributed by atoms with Gasteiger partial charge >= 0.3 is 0 Å². The standard InChI is InChI=1S/C27H29Cl2N7O/c1-15-11-17(6-9-23(15)35-10-4-5-24(35)27(37)31-3)22-14-32-25-21(13-30)34-36(26(25)33-22)16(2)19-8-7-18(28)12-20(19)29/h6-8,12,14-16,23-24H,4-5,9-11H2,1-3H3,(H,31,37). The highest BCUT2D eigenvalue weighted by Crippen LogP contribution is 2.37. The molecule has 4 atom stereocenters. The third-order valence-electron chi connectivity index (χ3n) is 7.69. The maximum absolute atomic E-state index is 12.4. The second-order valence-corrected chi connectivity index (χ2v) is 10.7. The summed E-state index contributed by atoms with van der Waals surface area (Å²) in [4.78, 5) is 24.3. The van der Waals surface area contributed by atoms with Crippen molar-refractivity contribution in [2.24, 2.45) is 5.92 Å². The zero-order chi connectivity index (χ0) is 26.3. The quantitative estimate of drug-likeness (QED) is 0.491. The van der Waals surface area contributed by atoms with Gasteiger partial charge in [-0.25, -0.2) is 14.6 Å². The van der Waals surface area contributed by atoms with E-state index in [1.807, 2.05) is 13.0 Å². The van der Waals surface area contributed by atoms with Gasteiger partial charge in [0, 0.05) is 23.1 Å². The summed E-state index contributed by atoms with van der Waals surface area (Å²) < 4.78 is 1.72. The number of rotatable bonds is 5. The van der Waals surface area contributed by atoms with Crippen LogP contribution in [0.15, 0.2) is 30.5 Å². The van der Waals surface area contributed by atoms with Crippen LogP contribution in [-0.4, -0.2) is 56.2 Å². The van der Waals surface area contributed by atoms with E-state index in [0.29, 0.717) is 33.2 Å². The van der Waals surface area contributed by atoms with Crippen molar-refractivity contribution in [1.82, 2.24) is 30.0 Å². The highest BCUT2D eigenvalue weighted by atomic mass is 35.5. The van der Waals surface area contributed by atoms with E-state index in [1.165, 1.54) is 0 Å². The van der Waals surface area contributed by atoms with E-state index in [4.69, 9.17) is 28.2 Å². The first-order valence-corrected chi connectivity index (χ1v) is 13.3. The summed E-state index contributed by atoms with van der Waals surface area (Å²) in [7, 11) is 1.71. The van der Waals surface area contributed by atoms with Crippen molar-refractivity contribution in [3.63, 3.8) is 0 Å². The molecule has 4 unspecified atom stereocenters. The zero-order valence-corrected chi connectivity index (χ0v) is 22.6. The number of carbonyl (C=O) groups excluding carboxylic acids is 1. The van der Waals surface area contributed by atoms with Gasteiger partial charge < -0.3 is 5.32 Å². The SMILES string of the molecule is CNC(=O)C1CCCN1C1CC=C(c2cnc3c(C#N)nn(C(C)c4ccc(Cl)cc4Cl)c3n2)CC1C. The zero-order valence-electron chi connectivity index (χ0n) is 21.1. The molecule has 1 aliphatic heterocycles. The minimum atomic E-state index is -0.278. The van der Waals surface area contributed by atoms with Crippen LogP contribution in [0.1, 0.15) is 62.5 Å². The number of carbonyl (C=O) groups is 1. The number of benzene rings is 1. The Hall–Kier alpha value is -2.99. The maximum Gasteiger partial charge on any atom is 0.237 e.